The topological polar surface area (TPSA) is 45.2 Å². The SMILES string of the molecule is CC(CCN1CCN(C(C)(C)C)C(=O)C1)OC[C@H]1CN(C)CCO1. The lowest BCUT2D eigenvalue weighted by Crippen LogP contribution is -2.57. The first-order valence-corrected chi connectivity index (χ1v) is 9.20. The molecule has 2 atom stereocenters. The number of hydrogen-bond donors (Lipinski definition) is 0. The minimum atomic E-state index is -0.0767. The predicted molar refractivity (Wildman–Crippen MR) is 95.2 cm³/mol. The second-order valence-electron chi connectivity index (χ2n) is 8.18. The molecule has 24 heavy (non-hydrogen) atoms. The second-order valence-corrected chi connectivity index (χ2v) is 8.18. The summed E-state index contributed by atoms with van der Waals surface area (Å²) in [6, 6.07) is 0. The molecule has 0 radical (unpaired) electrons. The summed E-state index contributed by atoms with van der Waals surface area (Å²) in [5, 5.41) is 0. The van der Waals surface area contributed by atoms with Gasteiger partial charge in [-0.15, -0.1) is 0 Å². The minimum Gasteiger partial charge on any atom is -0.376 e. The van der Waals surface area contributed by atoms with Crippen LogP contribution in [-0.4, -0.2) is 97.9 Å². The van der Waals surface area contributed by atoms with E-state index in [9.17, 15) is 4.79 Å². The van der Waals surface area contributed by atoms with Gasteiger partial charge in [-0.2, -0.15) is 0 Å². The summed E-state index contributed by atoms with van der Waals surface area (Å²) in [5.41, 5.74) is -0.0767. The number of nitrogens with zero attached hydrogens (tertiary/aromatic N) is 3. The maximum Gasteiger partial charge on any atom is 0.237 e. The lowest BCUT2D eigenvalue weighted by Gasteiger charge is -2.42. The smallest absolute Gasteiger partial charge is 0.237 e. The zero-order chi connectivity index (χ0) is 17.7. The van der Waals surface area contributed by atoms with Gasteiger partial charge in [-0.1, -0.05) is 0 Å². The summed E-state index contributed by atoms with van der Waals surface area (Å²) in [4.78, 5) is 18.8. The van der Waals surface area contributed by atoms with Crippen LogP contribution in [0.1, 0.15) is 34.1 Å². The Morgan fingerprint density at radius 1 is 1.29 bits per heavy atom. The highest BCUT2D eigenvalue weighted by Crippen LogP contribution is 2.17. The Morgan fingerprint density at radius 2 is 2.04 bits per heavy atom. The van der Waals surface area contributed by atoms with Crippen molar-refractivity contribution >= 4 is 5.91 Å². The molecule has 0 aromatic rings. The largest absolute Gasteiger partial charge is 0.376 e. The Hall–Kier alpha value is -0.690. The molecule has 1 unspecified atom stereocenters. The highest BCUT2D eigenvalue weighted by molar-refractivity contribution is 5.79. The van der Waals surface area contributed by atoms with E-state index in [-0.39, 0.29) is 23.7 Å². The van der Waals surface area contributed by atoms with Gasteiger partial charge in [0.2, 0.25) is 5.91 Å². The summed E-state index contributed by atoms with van der Waals surface area (Å²) in [5.74, 6) is 0.237. The van der Waals surface area contributed by atoms with E-state index < -0.39 is 0 Å². The van der Waals surface area contributed by atoms with Crippen molar-refractivity contribution in [2.45, 2.75) is 51.9 Å². The van der Waals surface area contributed by atoms with Gasteiger partial charge in [0.25, 0.3) is 0 Å². The Labute approximate surface area is 147 Å². The van der Waals surface area contributed by atoms with Crippen molar-refractivity contribution in [2.75, 3.05) is 59.5 Å². The molecule has 0 aliphatic carbocycles. The minimum absolute atomic E-state index is 0.0767. The molecule has 2 aliphatic heterocycles. The van der Waals surface area contributed by atoms with Crippen LogP contribution < -0.4 is 0 Å². The van der Waals surface area contributed by atoms with E-state index in [0.29, 0.717) is 13.2 Å². The normalized spacial score (nSPS) is 26.0. The molecule has 0 aromatic carbocycles. The molecule has 2 aliphatic rings. The van der Waals surface area contributed by atoms with Crippen LogP contribution in [0.3, 0.4) is 0 Å². The molecule has 2 rings (SSSR count). The quantitative estimate of drug-likeness (QED) is 0.723. The average Bonchev–Trinajstić information content (AvgIpc) is 2.50. The molecular formula is C18H35N3O3. The van der Waals surface area contributed by atoms with Crippen LogP contribution in [0.25, 0.3) is 0 Å². The molecule has 2 heterocycles. The van der Waals surface area contributed by atoms with Gasteiger partial charge in [0.1, 0.15) is 0 Å². The maximum absolute atomic E-state index is 12.3. The van der Waals surface area contributed by atoms with Crippen LogP contribution in [0.4, 0.5) is 0 Å². The monoisotopic (exact) mass is 341 g/mol. The molecule has 6 nitrogen and oxygen atoms in total. The third-order valence-electron chi connectivity index (χ3n) is 4.87. The fourth-order valence-electron chi connectivity index (χ4n) is 3.31. The molecule has 140 valence electrons. The van der Waals surface area contributed by atoms with E-state index in [1.54, 1.807) is 0 Å². The van der Waals surface area contributed by atoms with Gasteiger partial charge in [-0.3, -0.25) is 9.69 Å². The number of rotatable bonds is 6. The van der Waals surface area contributed by atoms with Crippen LogP contribution >= 0.6 is 0 Å². The molecule has 0 spiro atoms. The Bertz CT molecular complexity index is 411. The van der Waals surface area contributed by atoms with Crippen molar-refractivity contribution in [3.8, 4) is 0 Å². The Balaban J connectivity index is 1.64. The number of carbonyl (C=O) groups is 1. The van der Waals surface area contributed by atoms with Crippen LogP contribution in [0.5, 0.6) is 0 Å². The number of amides is 1. The third-order valence-corrected chi connectivity index (χ3v) is 4.87. The zero-order valence-electron chi connectivity index (χ0n) is 16.1. The van der Waals surface area contributed by atoms with Crippen molar-refractivity contribution < 1.29 is 14.3 Å². The standard InChI is InChI=1S/C18H35N3O3/c1-15(24-14-16-12-19(5)10-11-23-16)6-7-20-8-9-21(17(22)13-20)18(2,3)4/h15-16H,6-14H2,1-5H3/t15?,16-/m1/s1. The van der Waals surface area contributed by atoms with Crippen molar-refractivity contribution in [1.29, 1.82) is 0 Å². The Kier molecular flexibility index (Phi) is 7.04. The number of carbonyl (C=O) groups excluding carboxylic acids is 1. The molecule has 2 fully saturated rings. The first-order chi connectivity index (χ1) is 11.3. The summed E-state index contributed by atoms with van der Waals surface area (Å²) < 4.78 is 11.7. The fourth-order valence-corrected chi connectivity index (χ4v) is 3.31. The van der Waals surface area contributed by atoms with Gasteiger partial charge in [0, 0.05) is 38.3 Å². The van der Waals surface area contributed by atoms with Crippen LogP contribution in [-0.2, 0) is 14.3 Å². The molecule has 0 aromatic heterocycles. The van der Waals surface area contributed by atoms with Crippen molar-refractivity contribution in [1.82, 2.24) is 14.7 Å². The van der Waals surface area contributed by atoms with Crippen molar-refractivity contribution in [3.63, 3.8) is 0 Å². The highest BCUT2D eigenvalue weighted by atomic mass is 16.5. The Morgan fingerprint density at radius 3 is 2.67 bits per heavy atom. The van der Waals surface area contributed by atoms with Gasteiger partial charge >= 0.3 is 0 Å². The fraction of sp³-hybridized carbons (Fsp3) is 0.944. The molecule has 1 amide bonds. The lowest BCUT2D eigenvalue weighted by molar-refractivity contribution is -0.141. The summed E-state index contributed by atoms with van der Waals surface area (Å²) >= 11 is 0. The molecule has 0 bridgehead atoms. The van der Waals surface area contributed by atoms with E-state index in [0.717, 1.165) is 45.8 Å². The van der Waals surface area contributed by atoms with Crippen LogP contribution in [0.15, 0.2) is 0 Å². The number of hydrogen-bond acceptors (Lipinski definition) is 5. The average molecular weight is 341 g/mol. The van der Waals surface area contributed by atoms with E-state index in [1.165, 1.54) is 0 Å². The molecule has 6 heteroatoms. The van der Waals surface area contributed by atoms with Gasteiger partial charge < -0.3 is 19.3 Å². The molecule has 2 saturated heterocycles. The van der Waals surface area contributed by atoms with Gasteiger partial charge in [0.15, 0.2) is 0 Å². The van der Waals surface area contributed by atoms with E-state index in [4.69, 9.17) is 9.47 Å². The number of piperazine rings is 1. The first-order valence-electron chi connectivity index (χ1n) is 9.20. The summed E-state index contributed by atoms with van der Waals surface area (Å²) in [6.45, 7) is 15.0. The van der Waals surface area contributed by atoms with E-state index >= 15 is 0 Å². The molecular weight excluding hydrogens is 306 g/mol. The van der Waals surface area contributed by atoms with Crippen molar-refractivity contribution in [3.05, 3.63) is 0 Å². The lowest BCUT2D eigenvalue weighted by atomic mass is 10.0. The van der Waals surface area contributed by atoms with Crippen LogP contribution in [0, 0.1) is 0 Å². The molecule has 0 N–H and O–H groups in total. The maximum atomic E-state index is 12.3. The number of ether oxygens (including phenoxy) is 2. The van der Waals surface area contributed by atoms with E-state index in [1.807, 2.05) is 4.90 Å². The first kappa shape index (κ1) is 19.6. The summed E-state index contributed by atoms with van der Waals surface area (Å²) in [7, 11) is 2.12. The van der Waals surface area contributed by atoms with Gasteiger partial charge in [-0.05, 0) is 41.2 Å². The van der Waals surface area contributed by atoms with E-state index in [2.05, 4.69) is 44.5 Å². The number of morpholine rings is 1. The van der Waals surface area contributed by atoms with Crippen LogP contribution in [0.2, 0.25) is 0 Å². The summed E-state index contributed by atoms with van der Waals surface area (Å²) in [6.07, 6.45) is 1.32. The number of likely N-dealkylation sites (N-methyl/N-ethyl adjacent to an activating group) is 1. The van der Waals surface area contributed by atoms with Crippen molar-refractivity contribution in [2.24, 2.45) is 0 Å². The zero-order valence-corrected chi connectivity index (χ0v) is 16.1. The second kappa shape index (κ2) is 8.61. The predicted octanol–water partition coefficient (Wildman–Crippen LogP) is 1.05. The third kappa shape index (κ3) is 5.99. The highest BCUT2D eigenvalue weighted by Gasteiger charge is 2.31. The van der Waals surface area contributed by atoms with Gasteiger partial charge in [-0.25, -0.2) is 0 Å². The molecule has 0 saturated carbocycles. The van der Waals surface area contributed by atoms with Gasteiger partial charge in [0.05, 0.1) is 32.0 Å².